The quantitative estimate of drug-likeness (QED) is 0.310. The Hall–Kier alpha value is -4.72. The number of allylic oxidation sites excluding steroid dienone is 7. The summed E-state index contributed by atoms with van der Waals surface area (Å²) in [7, 11) is 2.88. The minimum atomic E-state index is -0.603. The molecule has 0 bridgehead atoms. The van der Waals surface area contributed by atoms with E-state index >= 15 is 0 Å². The lowest BCUT2D eigenvalue weighted by Crippen LogP contribution is -2.40. The molecule has 2 aromatic rings. The number of carbonyl (C=O) groups is 4. The van der Waals surface area contributed by atoms with E-state index in [0.29, 0.717) is 28.7 Å². The Kier molecular flexibility index (Phi) is 6.93. The second kappa shape index (κ2) is 10.6. The molecular formula is C34H31NO7. The molecule has 0 aromatic heterocycles. The molecule has 1 aliphatic heterocycles. The number of hydrogen-bond acceptors (Lipinski definition) is 7. The van der Waals surface area contributed by atoms with Gasteiger partial charge in [0, 0.05) is 22.6 Å². The van der Waals surface area contributed by atoms with Crippen LogP contribution in [-0.2, 0) is 25.7 Å². The molecule has 3 aliphatic carbocycles. The van der Waals surface area contributed by atoms with Crippen molar-refractivity contribution in [1.29, 1.82) is 0 Å². The summed E-state index contributed by atoms with van der Waals surface area (Å²) in [5, 5.41) is 10.3. The van der Waals surface area contributed by atoms with E-state index in [1.165, 1.54) is 25.2 Å². The number of carbonyl (C=O) groups excluding carboxylic acids is 4. The molecule has 1 fully saturated rings. The maximum atomic E-state index is 13.9. The first-order chi connectivity index (χ1) is 20.2. The predicted molar refractivity (Wildman–Crippen MR) is 154 cm³/mol. The summed E-state index contributed by atoms with van der Waals surface area (Å²) in [4.78, 5) is 55.5. The van der Waals surface area contributed by atoms with Gasteiger partial charge in [-0.3, -0.25) is 24.1 Å². The standard InChI is InChI=1S/C34H31NO7/c1-18-13-26(36)29-22(10-9-20-14-27(41-2)32(38)28(15-20)42-3)21-11-12-23-30(24(21)16-25(29)31(18)37)34(40)35(33(23)39)17-19-7-5-4-6-8-19/h4-11,13-15,22-24,30,38H,12,16-17H2,1-3H3. The summed E-state index contributed by atoms with van der Waals surface area (Å²) in [6.07, 6.45) is 7.64. The van der Waals surface area contributed by atoms with E-state index in [2.05, 4.69) is 0 Å². The molecule has 2 amide bonds. The van der Waals surface area contributed by atoms with Crippen LogP contribution in [0.4, 0.5) is 0 Å². The van der Waals surface area contributed by atoms with Crippen molar-refractivity contribution in [3.63, 3.8) is 0 Å². The van der Waals surface area contributed by atoms with Gasteiger partial charge >= 0.3 is 0 Å². The fourth-order valence-corrected chi connectivity index (χ4v) is 6.86. The van der Waals surface area contributed by atoms with Gasteiger partial charge in [-0.2, -0.15) is 0 Å². The van der Waals surface area contributed by atoms with Crippen molar-refractivity contribution in [2.75, 3.05) is 14.2 Å². The highest BCUT2D eigenvalue weighted by Crippen LogP contribution is 2.53. The number of hydrogen-bond donors (Lipinski definition) is 1. The molecule has 0 spiro atoms. The maximum Gasteiger partial charge on any atom is 0.234 e. The first-order valence-electron chi connectivity index (χ1n) is 14.0. The van der Waals surface area contributed by atoms with Crippen LogP contribution >= 0.6 is 0 Å². The molecular weight excluding hydrogens is 534 g/mol. The minimum absolute atomic E-state index is 0.126. The number of nitrogens with zero attached hydrogens (tertiary/aromatic N) is 1. The molecule has 1 saturated heterocycles. The molecule has 8 nitrogen and oxygen atoms in total. The van der Waals surface area contributed by atoms with Crippen molar-refractivity contribution in [3.05, 3.63) is 94.1 Å². The molecule has 42 heavy (non-hydrogen) atoms. The van der Waals surface area contributed by atoms with Gasteiger partial charge in [0.05, 0.1) is 32.6 Å². The van der Waals surface area contributed by atoms with Crippen LogP contribution in [0.15, 0.2) is 83.0 Å². The van der Waals surface area contributed by atoms with E-state index in [9.17, 15) is 24.3 Å². The lowest BCUT2D eigenvalue weighted by atomic mass is 9.60. The zero-order chi connectivity index (χ0) is 29.7. The number of phenolic OH excluding ortho intramolecular Hbond substituents is 1. The number of likely N-dealkylation sites (tertiary alicyclic amines) is 1. The van der Waals surface area contributed by atoms with Crippen LogP contribution < -0.4 is 9.47 Å². The van der Waals surface area contributed by atoms with Crippen LogP contribution in [0.25, 0.3) is 6.08 Å². The Morgan fingerprint density at radius 1 is 0.976 bits per heavy atom. The Labute approximate surface area is 243 Å². The summed E-state index contributed by atoms with van der Waals surface area (Å²) in [5.41, 5.74) is 3.60. The first kappa shape index (κ1) is 27.4. The summed E-state index contributed by atoms with van der Waals surface area (Å²) in [6, 6.07) is 12.7. The number of ether oxygens (including phenoxy) is 2. The Morgan fingerprint density at radius 3 is 2.33 bits per heavy atom. The third-order valence-electron chi connectivity index (χ3n) is 8.87. The number of methoxy groups -OCH3 is 2. The van der Waals surface area contributed by atoms with Crippen molar-refractivity contribution in [2.45, 2.75) is 26.3 Å². The zero-order valence-corrected chi connectivity index (χ0v) is 23.6. The first-order valence-corrected chi connectivity index (χ1v) is 14.0. The summed E-state index contributed by atoms with van der Waals surface area (Å²) in [5.74, 6) is -2.57. The molecule has 0 radical (unpaired) electrons. The monoisotopic (exact) mass is 565 g/mol. The van der Waals surface area contributed by atoms with Gasteiger partial charge in [-0.25, -0.2) is 0 Å². The SMILES string of the molecule is COc1cc(C=CC2C3=CCC4C(=O)N(Cc5ccccc5)C(=O)C4C3CC3=C2C(=O)C=C(C)C3=O)cc(OC)c1O. The van der Waals surface area contributed by atoms with Crippen LogP contribution in [0, 0.1) is 23.7 Å². The second-order valence-corrected chi connectivity index (χ2v) is 11.2. The Balaban J connectivity index is 1.40. The van der Waals surface area contributed by atoms with E-state index in [4.69, 9.17) is 9.47 Å². The number of fused-ring (bicyclic) bond motifs is 3. The Bertz CT molecular complexity index is 1620. The van der Waals surface area contributed by atoms with Crippen molar-refractivity contribution < 1.29 is 33.8 Å². The molecule has 0 saturated carbocycles. The average Bonchev–Trinajstić information content (AvgIpc) is 3.24. The largest absolute Gasteiger partial charge is 0.502 e. The van der Waals surface area contributed by atoms with Crippen LogP contribution in [0.3, 0.4) is 0 Å². The van der Waals surface area contributed by atoms with Gasteiger partial charge < -0.3 is 14.6 Å². The van der Waals surface area contributed by atoms with Crippen LogP contribution in [0.5, 0.6) is 17.2 Å². The smallest absolute Gasteiger partial charge is 0.234 e. The van der Waals surface area contributed by atoms with Crippen LogP contribution in [-0.4, -0.2) is 47.6 Å². The van der Waals surface area contributed by atoms with Gasteiger partial charge in [0.15, 0.2) is 23.1 Å². The van der Waals surface area contributed by atoms with Crippen molar-refractivity contribution in [3.8, 4) is 17.2 Å². The van der Waals surface area contributed by atoms with Crippen molar-refractivity contribution in [2.24, 2.45) is 23.7 Å². The lowest BCUT2D eigenvalue weighted by Gasteiger charge is -2.41. The fourth-order valence-electron chi connectivity index (χ4n) is 6.86. The second-order valence-electron chi connectivity index (χ2n) is 11.2. The average molecular weight is 566 g/mol. The maximum absolute atomic E-state index is 13.9. The number of imide groups is 1. The lowest BCUT2D eigenvalue weighted by molar-refractivity contribution is -0.140. The minimum Gasteiger partial charge on any atom is -0.502 e. The topological polar surface area (TPSA) is 110 Å². The van der Waals surface area contributed by atoms with Crippen molar-refractivity contribution >= 4 is 29.5 Å². The van der Waals surface area contributed by atoms with Gasteiger partial charge in [0.25, 0.3) is 0 Å². The molecule has 214 valence electrons. The summed E-state index contributed by atoms with van der Waals surface area (Å²) < 4.78 is 10.6. The van der Waals surface area contributed by atoms with E-state index < -0.39 is 17.8 Å². The highest BCUT2D eigenvalue weighted by atomic mass is 16.5. The number of Topliss-reactive ketones (excluding diaryl/α,β-unsaturated/α-hetero) is 1. The molecule has 4 aliphatic rings. The van der Waals surface area contributed by atoms with Gasteiger partial charge in [0.1, 0.15) is 0 Å². The molecule has 8 heteroatoms. The van der Waals surface area contributed by atoms with Gasteiger partial charge in [-0.1, -0.05) is 54.1 Å². The van der Waals surface area contributed by atoms with Crippen molar-refractivity contribution in [1.82, 2.24) is 4.90 Å². The number of amides is 2. The number of aromatic hydroxyl groups is 1. The summed E-state index contributed by atoms with van der Waals surface area (Å²) >= 11 is 0. The zero-order valence-electron chi connectivity index (χ0n) is 23.6. The van der Waals surface area contributed by atoms with E-state index in [1.54, 1.807) is 25.1 Å². The fraction of sp³-hybridized carbons (Fsp3) is 0.294. The molecule has 4 unspecified atom stereocenters. The summed E-state index contributed by atoms with van der Waals surface area (Å²) in [6.45, 7) is 1.83. The highest BCUT2D eigenvalue weighted by Gasteiger charge is 2.55. The normalized spacial score (nSPS) is 25.3. The van der Waals surface area contributed by atoms with E-state index in [-0.39, 0.29) is 59.5 Å². The van der Waals surface area contributed by atoms with Gasteiger partial charge in [0.2, 0.25) is 17.6 Å². The third kappa shape index (κ3) is 4.38. The molecule has 6 rings (SSSR count). The predicted octanol–water partition coefficient (Wildman–Crippen LogP) is 4.58. The van der Waals surface area contributed by atoms with E-state index in [0.717, 1.165) is 11.1 Å². The molecule has 4 atom stereocenters. The van der Waals surface area contributed by atoms with Crippen LogP contribution in [0.2, 0.25) is 0 Å². The molecule has 1 N–H and O–H groups in total. The van der Waals surface area contributed by atoms with E-state index in [1.807, 2.05) is 42.5 Å². The number of ketones is 2. The highest BCUT2D eigenvalue weighted by molar-refractivity contribution is 6.23. The number of benzene rings is 2. The van der Waals surface area contributed by atoms with Gasteiger partial charge in [-0.15, -0.1) is 0 Å². The number of phenols is 1. The van der Waals surface area contributed by atoms with Gasteiger partial charge in [-0.05, 0) is 55.0 Å². The third-order valence-corrected chi connectivity index (χ3v) is 8.87. The number of rotatable bonds is 6. The Morgan fingerprint density at radius 2 is 1.67 bits per heavy atom. The molecule has 1 heterocycles. The van der Waals surface area contributed by atoms with Crippen LogP contribution in [0.1, 0.15) is 30.9 Å². The molecule has 2 aromatic carbocycles.